The van der Waals surface area contributed by atoms with Crippen LogP contribution in [0.2, 0.25) is 0 Å². The highest BCUT2D eigenvalue weighted by atomic mass is 16.4. The van der Waals surface area contributed by atoms with Crippen LogP contribution in [0.4, 0.5) is 0 Å². The van der Waals surface area contributed by atoms with Gasteiger partial charge in [-0.2, -0.15) is 0 Å². The molecule has 1 amide bonds. The first-order valence-corrected chi connectivity index (χ1v) is 7.64. The predicted molar refractivity (Wildman–Crippen MR) is 78.5 cm³/mol. The van der Waals surface area contributed by atoms with Crippen LogP contribution in [-0.4, -0.2) is 47.1 Å². The molecule has 0 aromatic rings. The number of piperidine rings is 1. The Hall–Kier alpha value is -1.10. The van der Waals surface area contributed by atoms with Gasteiger partial charge in [0.2, 0.25) is 5.91 Å². The van der Waals surface area contributed by atoms with Crippen LogP contribution in [0.1, 0.15) is 47.0 Å². The molecule has 20 heavy (non-hydrogen) atoms. The van der Waals surface area contributed by atoms with Gasteiger partial charge in [-0.3, -0.25) is 4.79 Å². The molecule has 2 atom stereocenters. The number of carbonyl (C=O) groups is 2. The fraction of sp³-hybridized carbons (Fsp3) is 0.867. The Balaban J connectivity index is 2.52. The van der Waals surface area contributed by atoms with Gasteiger partial charge < -0.3 is 15.3 Å². The second-order valence-electron chi connectivity index (χ2n) is 6.11. The van der Waals surface area contributed by atoms with Gasteiger partial charge in [-0.1, -0.05) is 20.3 Å². The normalized spacial score (nSPS) is 20.6. The van der Waals surface area contributed by atoms with Crippen molar-refractivity contribution in [3.63, 3.8) is 0 Å². The zero-order valence-electron chi connectivity index (χ0n) is 13.1. The van der Waals surface area contributed by atoms with Crippen LogP contribution in [0, 0.1) is 11.8 Å². The van der Waals surface area contributed by atoms with Crippen molar-refractivity contribution in [2.24, 2.45) is 11.8 Å². The second-order valence-corrected chi connectivity index (χ2v) is 6.11. The number of amides is 1. The molecule has 1 aliphatic heterocycles. The molecule has 0 radical (unpaired) electrons. The van der Waals surface area contributed by atoms with Crippen LogP contribution in [0.3, 0.4) is 0 Å². The van der Waals surface area contributed by atoms with E-state index in [1.54, 1.807) is 0 Å². The van der Waals surface area contributed by atoms with Gasteiger partial charge in [0.25, 0.3) is 0 Å². The summed E-state index contributed by atoms with van der Waals surface area (Å²) in [5.74, 6) is -1.13. The van der Waals surface area contributed by atoms with Crippen molar-refractivity contribution < 1.29 is 14.7 Å². The van der Waals surface area contributed by atoms with Crippen LogP contribution < -0.4 is 5.32 Å². The lowest BCUT2D eigenvalue weighted by Crippen LogP contribution is -2.49. The summed E-state index contributed by atoms with van der Waals surface area (Å²) in [6, 6.07) is -0.262. The second kappa shape index (κ2) is 7.62. The molecule has 0 spiro atoms. The van der Waals surface area contributed by atoms with Crippen molar-refractivity contribution >= 4 is 11.9 Å². The van der Waals surface area contributed by atoms with E-state index in [0.717, 1.165) is 32.4 Å². The number of nitrogens with zero attached hydrogens (tertiary/aromatic N) is 1. The van der Waals surface area contributed by atoms with E-state index in [1.807, 2.05) is 13.8 Å². The monoisotopic (exact) mass is 284 g/mol. The van der Waals surface area contributed by atoms with Crippen molar-refractivity contribution in [1.29, 1.82) is 0 Å². The molecule has 2 N–H and O–H groups in total. The third-order valence-corrected chi connectivity index (χ3v) is 4.41. The molecule has 1 saturated heterocycles. The highest BCUT2D eigenvalue weighted by Gasteiger charge is 2.31. The van der Waals surface area contributed by atoms with Crippen molar-refractivity contribution in [2.75, 3.05) is 13.1 Å². The standard InChI is InChI=1S/C15H28N2O3/c1-5-11(4)13(15(19)20)16-14(18)12-6-8-17(9-7-12)10(2)3/h10-13H,5-9H2,1-4H3,(H,16,18)(H,19,20)/t11-,13-/m0/s1. The summed E-state index contributed by atoms with van der Waals surface area (Å²) in [6.07, 6.45) is 2.37. The van der Waals surface area contributed by atoms with Gasteiger partial charge in [-0.25, -0.2) is 4.79 Å². The molecule has 116 valence electrons. The fourth-order valence-electron chi connectivity index (χ4n) is 2.63. The van der Waals surface area contributed by atoms with Gasteiger partial charge in [0.05, 0.1) is 0 Å². The number of nitrogens with one attached hydrogen (secondary N) is 1. The maximum atomic E-state index is 12.2. The maximum absolute atomic E-state index is 12.2. The molecular formula is C15H28N2O3. The average molecular weight is 284 g/mol. The molecule has 0 bridgehead atoms. The third kappa shape index (κ3) is 4.47. The molecule has 0 unspecified atom stereocenters. The largest absolute Gasteiger partial charge is 0.480 e. The summed E-state index contributed by atoms with van der Waals surface area (Å²) in [5.41, 5.74) is 0. The Kier molecular flexibility index (Phi) is 6.46. The summed E-state index contributed by atoms with van der Waals surface area (Å²) >= 11 is 0. The highest BCUT2D eigenvalue weighted by molar-refractivity contribution is 5.85. The van der Waals surface area contributed by atoms with Gasteiger partial charge >= 0.3 is 5.97 Å². The summed E-state index contributed by atoms with van der Waals surface area (Å²) in [6.45, 7) is 9.94. The van der Waals surface area contributed by atoms with Gasteiger partial charge in [-0.15, -0.1) is 0 Å². The van der Waals surface area contributed by atoms with Crippen molar-refractivity contribution in [3.05, 3.63) is 0 Å². The number of aliphatic carboxylic acids is 1. The lowest BCUT2D eigenvalue weighted by molar-refractivity contribution is -0.144. The molecule has 0 saturated carbocycles. The van der Waals surface area contributed by atoms with Crippen molar-refractivity contribution in [2.45, 2.75) is 59.0 Å². The molecule has 5 nitrogen and oxygen atoms in total. The van der Waals surface area contributed by atoms with Crippen LogP contribution >= 0.6 is 0 Å². The highest BCUT2D eigenvalue weighted by Crippen LogP contribution is 2.20. The molecule has 5 heteroatoms. The Morgan fingerprint density at radius 1 is 1.25 bits per heavy atom. The summed E-state index contributed by atoms with van der Waals surface area (Å²) in [4.78, 5) is 25.8. The number of carboxylic acids is 1. The van der Waals surface area contributed by atoms with Crippen molar-refractivity contribution in [1.82, 2.24) is 10.2 Å². The molecule has 1 heterocycles. The van der Waals surface area contributed by atoms with E-state index in [0.29, 0.717) is 6.04 Å². The Morgan fingerprint density at radius 2 is 1.80 bits per heavy atom. The zero-order valence-corrected chi connectivity index (χ0v) is 13.1. The average Bonchev–Trinajstić information content (AvgIpc) is 2.43. The minimum absolute atomic E-state index is 0.0455. The minimum Gasteiger partial charge on any atom is -0.480 e. The Morgan fingerprint density at radius 3 is 2.20 bits per heavy atom. The van der Waals surface area contributed by atoms with E-state index in [1.165, 1.54) is 0 Å². The lowest BCUT2D eigenvalue weighted by Gasteiger charge is -2.34. The van der Waals surface area contributed by atoms with Crippen LogP contribution in [0.5, 0.6) is 0 Å². The maximum Gasteiger partial charge on any atom is 0.326 e. The molecule has 1 aliphatic rings. The van der Waals surface area contributed by atoms with Crippen LogP contribution in [0.15, 0.2) is 0 Å². The Bertz CT molecular complexity index is 336. The fourth-order valence-corrected chi connectivity index (χ4v) is 2.63. The summed E-state index contributed by atoms with van der Waals surface area (Å²) in [7, 11) is 0. The SMILES string of the molecule is CC[C@H](C)[C@H](NC(=O)C1CCN(C(C)C)CC1)C(=O)O. The molecule has 0 aromatic carbocycles. The quantitative estimate of drug-likeness (QED) is 0.779. The first kappa shape index (κ1) is 17.0. The topological polar surface area (TPSA) is 69.6 Å². The molecule has 1 fully saturated rings. The number of rotatable bonds is 6. The minimum atomic E-state index is -0.938. The smallest absolute Gasteiger partial charge is 0.326 e. The lowest BCUT2D eigenvalue weighted by atomic mass is 9.93. The first-order valence-electron chi connectivity index (χ1n) is 7.64. The van der Waals surface area contributed by atoms with Gasteiger partial charge in [0.1, 0.15) is 6.04 Å². The van der Waals surface area contributed by atoms with E-state index in [4.69, 9.17) is 0 Å². The molecular weight excluding hydrogens is 256 g/mol. The first-order chi connectivity index (χ1) is 9.36. The number of carbonyl (C=O) groups excluding carboxylic acids is 1. The van der Waals surface area contributed by atoms with Gasteiger partial charge in [-0.05, 0) is 45.7 Å². The van der Waals surface area contributed by atoms with Gasteiger partial charge in [0.15, 0.2) is 0 Å². The molecule has 1 rings (SSSR count). The van der Waals surface area contributed by atoms with E-state index in [-0.39, 0.29) is 17.7 Å². The molecule has 0 aliphatic carbocycles. The number of hydrogen-bond donors (Lipinski definition) is 2. The van der Waals surface area contributed by atoms with E-state index in [9.17, 15) is 14.7 Å². The number of carboxylic acid groups (broad SMARTS) is 1. The van der Waals surface area contributed by atoms with Gasteiger partial charge in [0, 0.05) is 12.0 Å². The van der Waals surface area contributed by atoms with E-state index < -0.39 is 12.0 Å². The third-order valence-electron chi connectivity index (χ3n) is 4.41. The zero-order chi connectivity index (χ0) is 15.3. The number of hydrogen-bond acceptors (Lipinski definition) is 3. The molecule has 0 aromatic heterocycles. The van der Waals surface area contributed by atoms with Crippen molar-refractivity contribution in [3.8, 4) is 0 Å². The van der Waals surface area contributed by atoms with E-state index in [2.05, 4.69) is 24.1 Å². The van der Waals surface area contributed by atoms with Crippen LogP contribution in [0.25, 0.3) is 0 Å². The van der Waals surface area contributed by atoms with E-state index >= 15 is 0 Å². The predicted octanol–water partition coefficient (Wildman–Crippen LogP) is 1.72. The number of likely N-dealkylation sites (tertiary alicyclic amines) is 1. The summed E-state index contributed by atoms with van der Waals surface area (Å²) < 4.78 is 0. The summed E-state index contributed by atoms with van der Waals surface area (Å²) in [5, 5.41) is 11.9. The Labute approximate surface area is 121 Å². The van der Waals surface area contributed by atoms with Crippen LogP contribution in [-0.2, 0) is 9.59 Å².